The first-order chi connectivity index (χ1) is 13.5. The van der Waals surface area contributed by atoms with Gasteiger partial charge in [0.05, 0.1) is 32.0 Å². The van der Waals surface area contributed by atoms with Crippen molar-refractivity contribution in [2.45, 2.75) is 13.5 Å². The Bertz CT molecular complexity index is 964. The van der Waals surface area contributed by atoms with Crippen molar-refractivity contribution in [1.82, 2.24) is 4.98 Å². The lowest BCUT2D eigenvalue weighted by molar-refractivity contribution is 0.385. The van der Waals surface area contributed by atoms with E-state index in [1.54, 1.807) is 26.4 Å². The fraction of sp³-hybridized carbons (Fsp3) is 0.200. The molecule has 0 aliphatic carbocycles. The second kappa shape index (κ2) is 8.71. The largest absolute Gasteiger partial charge is 0.496 e. The van der Waals surface area contributed by atoms with Gasteiger partial charge >= 0.3 is 0 Å². The number of hydrogen-bond acceptors (Lipinski definition) is 5. The molecule has 3 aromatic rings. The molecule has 3 N–H and O–H groups in total. The van der Waals surface area contributed by atoms with Gasteiger partial charge in [0.15, 0.2) is 11.1 Å². The topological polar surface area (TPSA) is 81.8 Å². The summed E-state index contributed by atoms with van der Waals surface area (Å²) in [6.07, 6.45) is 0. The maximum Gasteiger partial charge on any atom is 0.195 e. The Kier molecular flexibility index (Phi) is 6.10. The van der Waals surface area contributed by atoms with Crippen LogP contribution in [0.15, 0.2) is 47.5 Å². The number of guanidine groups is 1. The number of hydrogen-bond donors (Lipinski definition) is 2. The Morgan fingerprint density at radius 1 is 1.14 bits per heavy atom. The number of anilines is 1. The van der Waals surface area contributed by atoms with E-state index in [2.05, 4.69) is 15.3 Å². The molecule has 3 rings (SSSR count). The molecule has 146 valence electrons. The molecule has 28 heavy (non-hydrogen) atoms. The number of thiazole rings is 1. The molecule has 0 aliphatic heterocycles. The van der Waals surface area contributed by atoms with Gasteiger partial charge in [-0.05, 0) is 43.3 Å². The number of methoxy groups -OCH3 is 2. The lowest BCUT2D eigenvalue weighted by Gasteiger charge is -2.11. The minimum atomic E-state index is -0.280. The molecule has 0 spiro atoms. The SMILES string of the molecule is COc1cccc(OC)c1CN=C(N)Nc1nc(-c2ccc(F)cc2)c(C)s1. The van der Waals surface area contributed by atoms with Gasteiger partial charge in [-0.3, -0.25) is 0 Å². The monoisotopic (exact) mass is 400 g/mol. The highest BCUT2D eigenvalue weighted by atomic mass is 32.1. The third kappa shape index (κ3) is 4.40. The van der Waals surface area contributed by atoms with Gasteiger partial charge in [0.2, 0.25) is 0 Å². The van der Waals surface area contributed by atoms with E-state index in [9.17, 15) is 4.39 Å². The van der Waals surface area contributed by atoms with E-state index in [-0.39, 0.29) is 11.8 Å². The maximum atomic E-state index is 13.1. The van der Waals surface area contributed by atoms with E-state index < -0.39 is 0 Å². The zero-order valence-electron chi connectivity index (χ0n) is 15.8. The molecule has 0 aliphatic rings. The summed E-state index contributed by atoms with van der Waals surface area (Å²) in [5, 5.41) is 3.62. The molecule has 6 nitrogen and oxygen atoms in total. The minimum Gasteiger partial charge on any atom is -0.496 e. The first kappa shape index (κ1) is 19.6. The zero-order valence-corrected chi connectivity index (χ0v) is 16.6. The fourth-order valence-corrected chi connectivity index (χ4v) is 3.57. The normalized spacial score (nSPS) is 11.4. The van der Waals surface area contributed by atoms with Crippen molar-refractivity contribution in [2.75, 3.05) is 19.5 Å². The van der Waals surface area contributed by atoms with E-state index in [0.717, 1.165) is 21.7 Å². The molecule has 0 saturated heterocycles. The molecule has 0 radical (unpaired) electrons. The highest BCUT2D eigenvalue weighted by molar-refractivity contribution is 7.16. The van der Waals surface area contributed by atoms with Crippen LogP contribution in [0.5, 0.6) is 11.5 Å². The Balaban J connectivity index is 1.76. The highest BCUT2D eigenvalue weighted by Crippen LogP contribution is 2.31. The number of ether oxygens (including phenoxy) is 2. The van der Waals surface area contributed by atoms with Gasteiger partial charge < -0.3 is 20.5 Å². The van der Waals surface area contributed by atoms with Crippen LogP contribution < -0.4 is 20.5 Å². The van der Waals surface area contributed by atoms with Crippen molar-refractivity contribution in [3.63, 3.8) is 0 Å². The number of nitrogens with one attached hydrogen (secondary N) is 1. The average molecular weight is 400 g/mol. The molecule has 8 heteroatoms. The van der Waals surface area contributed by atoms with Crippen molar-refractivity contribution in [3.8, 4) is 22.8 Å². The van der Waals surface area contributed by atoms with Crippen molar-refractivity contribution in [3.05, 3.63) is 58.7 Å². The Labute approximate surface area is 166 Å². The van der Waals surface area contributed by atoms with E-state index in [1.165, 1.54) is 23.5 Å². The van der Waals surface area contributed by atoms with E-state index in [0.29, 0.717) is 23.2 Å². The van der Waals surface area contributed by atoms with E-state index in [1.807, 2.05) is 25.1 Å². The maximum absolute atomic E-state index is 13.1. The summed E-state index contributed by atoms with van der Waals surface area (Å²) < 4.78 is 23.9. The van der Waals surface area contributed by atoms with E-state index >= 15 is 0 Å². The molecule has 0 amide bonds. The predicted molar refractivity (Wildman–Crippen MR) is 111 cm³/mol. The van der Waals surface area contributed by atoms with Crippen molar-refractivity contribution in [2.24, 2.45) is 10.7 Å². The van der Waals surface area contributed by atoms with Gasteiger partial charge in [0, 0.05) is 10.4 Å². The van der Waals surface area contributed by atoms with Crippen LogP contribution in [0.4, 0.5) is 9.52 Å². The Morgan fingerprint density at radius 3 is 2.39 bits per heavy atom. The second-order valence-corrected chi connectivity index (χ2v) is 7.10. The van der Waals surface area contributed by atoms with Crippen LogP contribution in [-0.4, -0.2) is 25.2 Å². The first-order valence-corrected chi connectivity index (χ1v) is 9.33. The standard InChI is InChI=1S/C20H21FN4O2S/c1-12-18(13-7-9-14(21)10-8-13)24-20(28-12)25-19(22)23-11-15-16(26-2)5-4-6-17(15)27-3/h4-10H,11H2,1-3H3,(H3,22,23,24,25). The van der Waals surface area contributed by atoms with Gasteiger partial charge in [-0.2, -0.15) is 0 Å². The molecule has 0 unspecified atom stereocenters. The molecular weight excluding hydrogens is 379 g/mol. The quantitative estimate of drug-likeness (QED) is 0.479. The van der Waals surface area contributed by atoms with Gasteiger partial charge in [-0.15, -0.1) is 11.3 Å². The van der Waals surface area contributed by atoms with Gasteiger partial charge in [0.25, 0.3) is 0 Å². The van der Waals surface area contributed by atoms with Crippen LogP contribution in [0.25, 0.3) is 11.3 Å². The zero-order chi connectivity index (χ0) is 20.1. The van der Waals surface area contributed by atoms with Gasteiger partial charge in [0.1, 0.15) is 17.3 Å². The van der Waals surface area contributed by atoms with E-state index in [4.69, 9.17) is 15.2 Å². The van der Waals surface area contributed by atoms with Crippen LogP contribution >= 0.6 is 11.3 Å². The molecule has 0 saturated carbocycles. The Morgan fingerprint density at radius 2 is 1.79 bits per heavy atom. The predicted octanol–water partition coefficient (Wildman–Crippen LogP) is 4.20. The molecule has 0 fully saturated rings. The second-order valence-electron chi connectivity index (χ2n) is 5.90. The highest BCUT2D eigenvalue weighted by Gasteiger charge is 2.12. The summed E-state index contributed by atoms with van der Waals surface area (Å²) in [6, 6.07) is 11.8. The average Bonchev–Trinajstić information content (AvgIpc) is 3.06. The van der Waals surface area contributed by atoms with Crippen LogP contribution in [0.3, 0.4) is 0 Å². The third-order valence-corrected chi connectivity index (χ3v) is 4.97. The first-order valence-electron chi connectivity index (χ1n) is 8.52. The lowest BCUT2D eigenvalue weighted by Crippen LogP contribution is -2.22. The molecule has 0 atom stereocenters. The smallest absolute Gasteiger partial charge is 0.195 e. The number of rotatable bonds is 6. The van der Waals surface area contributed by atoms with Crippen LogP contribution in [0.1, 0.15) is 10.4 Å². The fourth-order valence-electron chi connectivity index (χ4n) is 2.72. The van der Waals surface area contributed by atoms with Crippen LogP contribution in [0.2, 0.25) is 0 Å². The number of aryl methyl sites for hydroxylation is 1. The third-order valence-electron chi connectivity index (χ3n) is 4.09. The van der Waals surface area contributed by atoms with Crippen molar-refractivity contribution < 1.29 is 13.9 Å². The summed E-state index contributed by atoms with van der Waals surface area (Å²) in [6.45, 7) is 2.25. The molecule has 1 aromatic heterocycles. The van der Waals surface area contributed by atoms with Crippen LogP contribution in [-0.2, 0) is 6.54 Å². The molecular formula is C20H21FN4O2S. The summed E-state index contributed by atoms with van der Waals surface area (Å²) in [5.41, 5.74) is 8.46. The number of nitrogens with zero attached hydrogens (tertiary/aromatic N) is 2. The van der Waals surface area contributed by atoms with Gasteiger partial charge in [-0.25, -0.2) is 14.4 Å². The number of benzene rings is 2. The molecule has 2 aromatic carbocycles. The van der Waals surface area contributed by atoms with Crippen LogP contribution in [0, 0.1) is 12.7 Å². The van der Waals surface area contributed by atoms with Crippen molar-refractivity contribution in [1.29, 1.82) is 0 Å². The lowest BCUT2D eigenvalue weighted by atomic mass is 10.1. The number of halogens is 1. The summed E-state index contributed by atoms with van der Waals surface area (Å²) in [7, 11) is 3.19. The van der Waals surface area contributed by atoms with Gasteiger partial charge in [-0.1, -0.05) is 6.07 Å². The molecule has 1 heterocycles. The summed E-state index contributed by atoms with van der Waals surface area (Å²) in [5.74, 6) is 1.31. The minimum absolute atomic E-state index is 0.229. The van der Waals surface area contributed by atoms with Crippen molar-refractivity contribution >= 4 is 22.4 Å². The molecule has 0 bridgehead atoms. The summed E-state index contributed by atoms with van der Waals surface area (Å²) >= 11 is 1.45. The number of nitrogens with two attached hydrogens (primary N) is 1. The number of aliphatic imine (C=N–C) groups is 1. The summed E-state index contributed by atoms with van der Waals surface area (Å²) in [4.78, 5) is 9.91. The Hall–Kier alpha value is -3.13. The number of aromatic nitrogens is 1.